The maximum Gasteiger partial charge on any atom is 0.221 e. The van der Waals surface area contributed by atoms with Crippen LogP contribution in [0.25, 0.3) is 11.1 Å². The molecule has 0 spiro atoms. The minimum absolute atomic E-state index is 0.00292. The highest BCUT2D eigenvalue weighted by molar-refractivity contribution is 5.72. The van der Waals surface area contributed by atoms with Gasteiger partial charge in [0.1, 0.15) is 0 Å². The van der Waals surface area contributed by atoms with Gasteiger partial charge < -0.3 is 14.7 Å². The number of aliphatic hydroxyl groups excluding tert-OH is 1. The Kier molecular flexibility index (Phi) is 5.31. The summed E-state index contributed by atoms with van der Waals surface area (Å²) in [6.07, 6.45) is 1.72. The van der Waals surface area contributed by atoms with E-state index in [0.717, 1.165) is 23.2 Å². The summed E-state index contributed by atoms with van der Waals surface area (Å²) in [5.74, 6) is 0.607. The lowest BCUT2D eigenvalue weighted by atomic mass is 9.98. The van der Waals surface area contributed by atoms with Crippen LogP contribution in [0.4, 0.5) is 0 Å². The number of benzene rings is 1. The normalized spacial score (nSPS) is 10.9. The van der Waals surface area contributed by atoms with Gasteiger partial charge in [-0.25, -0.2) is 4.98 Å². The van der Waals surface area contributed by atoms with Crippen molar-refractivity contribution in [2.24, 2.45) is 0 Å². The van der Waals surface area contributed by atoms with Crippen LogP contribution in [0.5, 0.6) is 5.88 Å². The molecule has 0 fully saturated rings. The van der Waals surface area contributed by atoms with Crippen molar-refractivity contribution >= 4 is 0 Å². The van der Waals surface area contributed by atoms with Crippen LogP contribution in [0.2, 0.25) is 0 Å². The van der Waals surface area contributed by atoms with E-state index in [0.29, 0.717) is 12.5 Å². The van der Waals surface area contributed by atoms with Crippen LogP contribution < -0.4 is 4.74 Å². The number of nitrogens with zero attached hydrogens (tertiary/aromatic N) is 2. The molecule has 0 unspecified atom stereocenters. The Morgan fingerprint density at radius 1 is 1.19 bits per heavy atom. The molecule has 1 N–H and O–H groups in total. The van der Waals surface area contributed by atoms with Gasteiger partial charge in [-0.3, -0.25) is 0 Å². The molecule has 2 aromatic rings. The number of aromatic nitrogens is 1. The van der Waals surface area contributed by atoms with Gasteiger partial charge in [-0.15, -0.1) is 0 Å². The zero-order chi connectivity index (χ0) is 15.2. The molecule has 1 aromatic heterocycles. The first-order chi connectivity index (χ1) is 10.2. The van der Waals surface area contributed by atoms with Crippen LogP contribution in [0.1, 0.15) is 18.1 Å². The lowest BCUT2D eigenvalue weighted by Gasteiger charge is -2.15. The van der Waals surface area contributed by atoms with E-state index in [1.54, 1.807) is 6.20 Å². The summed E-state index contributed by atoms with van der Waals surface area (Å²) in [4.78, 5) is 6.38. The average Bonchev–Trinajstić information content (AvgIpc) is 2.47. The van der Waals surface area contributed by atoms with Crippen molar-refractivity contribution in [1.82, 2.24) is 9.88 Å². The highest BCUT2D eigenvalue weighted by Gasteiger charge is 2.12. The Morgan fingerprint density at radius 3 is 2.67 bits per heavy atom. The Bertz CT molecular complexity index is 597. The van der Waals surface area contributed by atoms with Gasteiger partial charge in [0, 0.05) is 18.3 Å². The summed E-state index contributed by atoms with van der Waals surface area (Å²) >= 11 is 0. The van der Waals surface area contributed by atoms with Crippen LogP contribution in [0.3, 0.4) is 0 Å². The fraction of sp³-hybridized carbons (Fsp3) is 0.353. The van der Waals surface area contributed by atoms with Crippen molar-refractivity contribution < 1.29 is 9.84 Å². The van der Waals surface area contributed by atoms with Crippen molar-refractivity contribution in [2.75, 3.05) is 20.7 Å². The summed E-state index contributed by atoms with van der Waals surface area (Å²) in [7, 11) is 4.06. The van der Waals surface area contributed by atoms with E-state index in [1.165, 1.54) is 5.56 Å². The van der Waals surface area contributed by atoms with Crippen LogP contribution in [-0.2, 0) is 13.2 Å². The third-order valence-electron chi connectivity index (χ3n) is 3.18. The molecule has 0 saturated carbocycles. The van der Waals surface area contributed by atoms with Crippen molar-refractivity contribution in [1.29, 1.82) is 0 Å². The molecule has 21 heavy (non-hydrogen) atoms. The van der Waals surface area contributed by atoms with Gasteiger partial charge in [-0.2, -0.15) is 0 Å². The van der Waals surface area contributed by atoms with E-state index in [9.17, 15) is 5.11 Å². The molecular weight excluding hydrogens is 264 g/mol. The molecule has 4 heteroatoms. The summed E-state index contributed by atoms with van der Waals surface area (Å²) in [5.41, 5.74) is 3.95. The predicted octanol–water partition coefficient (Wildman–Crippen LogP) is 2.70. The molecule has 0 amide bonds. The van der Waals surface area contributed by atoms with Crippen LogP contribution in [-0.4, -0.2) is 35.7 Å². The third-order valence-corrected chi connectivity index (χ3v) is 3.18. The number of hydrogen-bond donors (Lipinski definition) is 1. The molecular formula is C17H22N2O2. The van der Waals surface area contributed by atoms with E-state index in [4.69, 9.17) is 4.74 Å². The van der Waals surface area contributed by atoms with Gasteiger partial charge in [0.05, 0.1) is 13.2 Å². The van der Waals surface area contributed by atoms with Crippen LogP contribution in [0.15, 0.2) is 36.5 Å². The van der Waals surface area contributed by atoms with E-state index in [1.807, 2.05) is 45.3 Å². The predicted molar refractivity (Wildman–Crippen MR) is 84.2 cm³/mol. The Hall–Kier alpha value is -1.91. The number of ether oxygens (including phenoxy) is 1. The van der Waals surface area contributed by atoms with E-state index < -0.39 is 0 Å². The SMILES string of the molecule is CCOc1ncccc1-c1ccc(CN(C)C)cc1CO. The molecule has 0 saturated heterocycles. The van der Waals surface area contributed by atoms with Crippen molar-refractivity contribution in [2.45, 2.75) is 20.1 Å². The molecule has 1 aromatic carbocycles. The van der Waals surface area contributed by atoms with Crippen LogP contribution in [0, 0.1) is 0 Å². The standard InChI is InChI=1S/C17H22N2O2/c1-4-21-17-16(6-5-9-18-17)15-8-7-13(11-19(2)3)10-14(15)12-20/h5-10,20H,4,11-12H2,1-3H3. The maximum absolute atomic E-state index is 9.68. The number of aliphatic hydroxyl groups is 1. The molecule has 2 rings (SSSR count). The maximum atomic E-state index is 9.68. The average molecular weight is 286 g/mol. The van der Waals surface area contributed by atoms with E-state index in [-0.39, 0.29) is 6.61 Å². The fourth-order valence-electron chi connectivity index (χ4n) is 2.35. The lowest BCUT2D eigenvalue weighted by molar-refractivity contribution is 0.282. The Morgan fingerprint density at radius 2 is 2.00 bits per heavy atom. The second-order valence-electron chi connectivity index (χ2n) is 5.18. The second-order valence-corrected chi connectivity index (χ2v) is 5.18. The molecule has 0 radical (unpaired) electrons. The van der Waals surface area contributed by atoms with E-state index in [2.05, 4.69) is 16.0 Å². The molecule has 0 aliphatic heterocycles. The zero-order valence-corrected chi connectivity index (χ0v) is 12.8. The molecule has 0 aliphatic carbocycles. The van der Waals surface area contributed by atoms with Crippen molar-refractivity contribution in [3.8, 4) is 17.0 Å². The minimum Gasteiger partial charge on any atom is -0.478 e. The molecule has 0 aliphatic rings. The molecule has 0 bridgehead atoms. The minimum atomic E-state index is -0.00292. The molecule has 4 nitrogen and oxygen atoms in total. The highest BCUT2D eigenvalue weighted by Crippen LogP contribution is 2.31. The van der Waals surface area contributed by atoms with Gasteiger partial charge in [0.2, 0.25) is 5.88 Å². The number of pyridine rings is 1. The smallest absolute Gasteiger partial charge is 0.221 e. The topological polar surface area (TPSA) is 45.6 Å². The second kappa shape index (κ2) is 7.20. The van der Waals surface area contributed by atoms with Crippen LogP contribution >= 0.6 is 0 Å². The first-order valence-electron chi connectivity index (χ1n) is 7.11. The monoisotopic (exact) mass is 286 g/mol. The fourth-order valence-corrected chi connectivity index (χ4v) is 2.35. The van der Waals surface area contributed by atoms with Gasteiger partial charge in [-0.05, 0) is 49.8 Å². The largest absolute Gasteiger partial charge is 0.478 e. The first kappa shape index (κ1) is 15.5. The summed E-state index contributed by atoms with van der Waals surface area (Å²) in [5, 5.41) is 9.68. The van der Waals surface area contributed by atoms with Gasteiger partial charge in [-0.1, -0.05) is 18.2 Å². The molecule has 0 atom stereocenters. The van der Waals surface area contributed by atoms with Gasteiger partial charge in [0.15, 0.2) is 0 Å². The van der Waals surface area contributed by atoms with E-state index >= 15 is 0 Å². The zero-order valence-electron chi connectivity index (χ0n) is 12.8. The Labute approximate surface area is 126 Å². The summed E-state index contributed by atoms with van der Waals surface area (Å²) in [6, 6.07) is 10.0. The van der Waals surface area contributed by atoms with Crippen molar-refractivity contribution in [3.63, 3.8) is 0 Å². The Balaban J connectivity index is 2.44. The number of hydrogen-bond acceptors (Lipinski definition) is 4. The summed E-state index contributed by atoms with van der Waals surface area (Å²) in [6.45, 7) is 3.35. The third kappa shape index (κ3) is 3.80. The van der Waals surface area contributed by atoms with Crippen molar-refractivity contribution in [3.05, 3.63) is 47.7 Å². The quantitative estimate of drug-likeness (QED) is 0.887. The number of rotatable bonds is 6. The lowest BCUT2D eigenvalue weighted by Crippen LogP contribution is -2.11. The van der Waals surface area contributed by atoms with Gasteiger partial charge >= 0.3 is 0 Å². The molecule has 1 heterocycles. The summed E-state index contributed by atoms with van der Waals surface area (Å²) < 4.78 is 5.58. The van der Waals surface area contributed by atoms with Gasteiger partial charge in [0.25, 0.3) is 0 Å². The first-order valence-corrected chi connectivity index (χ1v) is 7.11. The highest BCUT2D eigenvalue weighted by atomic mass is 16.5. The molecule has 112 valence electrons.